The lowest BCUT2D eigenvalue weighted by Crippen LogP contribution is -2.35. The minimum absolute atomic E-state index is 0.0987. The fraction of sp³-hybridized carbons (Fsp3) is 0.412. The van der Waals surface area contributed by atoms with E-state index in [1.54, 1.807) is 23.5 Å². The Morgan fingerprint density at radius 1 is 1.38 bits per heavy atom. The monoisotopic (exact) mass is 341 g/mol. The molecule has 124 valence electrons. The van der Waals surface area contributed by atoms with Gasteiger partial charge in [-0.3, -0.25) is 14.7 Å². The van der Waals surface area contributed by atoms with E-state index in [-0.39, 0.29) is 5.91 Å². The third kappa shape index (κ3) is 3.96. The zero-order chi connectivity index (χ0) is 16.9. The van der Waals surface area contributed by atoms with Gasteiger partial charge < -0.3 is 4.90 Å². The van der Waals surface area contributed by atoms with E-state index < -0.39 is 0 Å². The molecule has 0 radical (unpaired) electrons. The normalized spacial score (nSPS) is 15.8. The molecule has 3 rings (SSSR count). The van der Waals surface area contributed by atoms with Crippen LogP contribution in [0.25, 0.3) is 0 Å². The van der Waals surface area contributed by atoms with Crippen LogP contribution in [0.5, 0.6) is 0 Å². The highest BCUT2D eigenvalue weighted by Crippen LogP contribution is 2.13. The van der Waals surface area contributed by atoms with Crippen LogP contribution in [0.1, 0.15) is 33.2 Å². The average molecular weight is 341 g/mol. The van der Waals surface area contributed by atoms with Gasteiger partial charge in [-0.25, -0.2) is 4.98 Å². The molecule has 0 aliphatic carbocycles. The fourth-order valence-corrected chi connectivity index (χ4v) is 3.42. The van der Waals surface area contributed by atoms with E-state index in [9.17, 15) is 4.79 Å². The van der Waals surface area contributed by atoms with Crippen LogP contribution in [0.15, 0.2) is 23.7 Å². The van der Waals surface area contributed by atoms with Crippen molar-refractivity contribution in [1.29, 1.82) is 5.26 Å². The van der Waals surface area contributed by atoms with Gasteiger partial charge in [0.05, 0.1) is 22.3 Å². The molecule has 2 aromatic rings. The van der Waals surface area contributed by atoms with E-state index in [1.165, 1.54) is 6.20 Å². The van der Waals surface area contributed by atoms with Crippen molar-refractivity contribution in [2.24, 2.45) is 0 Å². The Morgan fingerprint density at radius 2 is 2.25 bits per heavy atom. The maximum absolute atomic E-state index is 12.6. The first-order valence-electron chi connectivity index (χ1n) is 7.94. The lowest BCUT2D eigenvalue weighted by atomic mass is 10.2. The number of amides is 1. The second-order valence-corrected chi connectivity index (χ2v) is 6.88. The topological polar surface area (TPSA) is 73.1 Å². The van der Waals surface area contributed by atoms with Crippen molar-refractivity contribution < 1.29 is 4.79 Å². The molecule has 6 nitrogen and oxygen atoms in total. The first-order valence-corrected chi connectivity index (χ1v) is 8.82. The highest BCUT2D eigenvalue weighted by molar-refractivity contribution is 7.09. The molecule has 0 atom stereocenters. The number of aryl methyl sites for hydroxylation is 1. The lowest BCUT2D eigenvalue weighted by Gasteiger charge is -2.21. The second kappa shape index (κ2) is 7.51. The number of thiazole rings is 1. The van der Waals surface area contributed by atoms with Gasteiger partial charge in [0.25, 0.3) is 5.91 Å². The van der Waals surface area contributed by atoms with Crippen LogP contribution in [0, 0.1) is 18.3 Å². The number of aromatic nitrogens is 2. The largest absolute Gasteiger partial charge is 0.336 e. The molecule has 1 fully saturated rings. The molecule has 1 aliphatic heterocycles. The molecule has 1 saturated heterocycles. The summed E-state index contributed by atoms with van der Waals surface area (Å²) in [6.45, 7) is 5.99. The van der Waals surface area contributed by atoms with E-state index in [1.807, 2.05) is 17.9 Å². The minimum Gasteiger partial charge on any atom is -0.336 e. The summed E-state index contributed by atoms with van der Waals surface area (Å²) in [5.74, 6) is -0.0987. The Hall–Kier alpha value is -2.30. The molecule has 0 bridgehead atoms. The number of pyridine rings is 1. The predicted octanol–water partition coefficient (Wildman–Crippen LogP) is 2.07. The van der Waals surface area contributed by atoms with Crippen LogP contribution in [0.3, 0.4) is 0 Å². The third-order valence-corrected chi connectivity index (χ3v) is 4.86. The summed E-state index contributed by atoms with van der Waals surface area (Å²) in [5, 5.41) is 12.1. The molecular formula is C17H19N5OS. The van der Waals surface area contributed by atoms with Crippen molar-refractivity contribution in [3.8, 4) is 6.07 Å². The van der Waals surface area contributed by atoms with Crippen LogP contribution < -0.4 is 0 Å². The summed E-state index contributed by atoms with van der Waals surface area (Å²) < 4.78 is 0. The van der Waals surface area contributed by atoms with E-state index in [0.717, 1.165) is 36.8 Å². The lowest BCUT2D eigenvalue weighted by molar-refractivity contribution is 0.0755. The van der Waals surface area contributed by atoms with Crippen molar-refractivity contribution in [2.75, 3.05) is 26.2 Å². The third-order valence-electron chi connectivity index (χ3n) is 4.04. The number of carbonyl (C=O) groups is 1. The average Bonchev–Trinajstić information content (AvgIpc) is 2.87. The molecule has 3 heterocycles. The molecular weight excluding hydrogens is 322 g/mol. The number of hydrogen-bond acceptors (Lipinski definition) is 6. The number of nitriles is 1. The van der Waals surface area contributed by atoms with E-state index in [4.69, 9.17) is 5.26 Å². The van der Waals surface area contributed by atoms with Crippen LogP contribution in [0.4, 0.5) is 0 Å². The van der Waals surface area contributed by atoms with Crippen LogP contribution in [0.2, 0.25) is 0 Å². The van der Waals surface area contributed by atoms with E-state index in [0.29, 0.717) is 24.3 Å². The highest BCUT2D eigenvalue weighted by Gasteiger charge is 2.21. The van der Waals surface area contributed by atoms with Crippen molar-refractivity contribution in [1.82, 2.24) is 19.8 Å². The molecule has 0 unspecified atom stereocenters. The molecule has 7 heteroatoms. The molecule has 1 amide bonds. The predicted molar refractivity (Wildman–Crippen MR) is 91.6 cm³/mol. The Bertz CT molecular complexity index is 766. The zero-order valence-corrected chi connectivity index (χ0v) is 14.4. The minimum atomic E-state index is -0.0987. The quantitative estimate of drug-likeness (QED) is 0.854. The molecule has 0 aromatic carbocycles. The van der Waals surface area contributed by atoms with Gasteiger partial charge in [0.15, 0.2) is 0 Å². The van der Waals surface area contributed by atoms with Gasteiger partial charge in [-0.1, -0.05) is 0 Å². The van der Waals surface area contributed by atoms with Gasteiger partial charge >= 0.3 is 0 Å². The number of nitrogens with zero attached hydrogens (tertiary/aromatic N) is 5. The Kier molecular flexibility index (Phi) is 5.18. The number of hydrogen-bond donors (Lipinski definition) is 0. The van der Waals surface area contributed by atoms with Crippen molar-refractivity contribution in [3.05, 3.63) is 45.7 Å². The summed E-state index contributed by atoms with van der Waals surface area (Å²) in [6.07, 6.45) is 2.44. The van der Waals surface area contributed by atoms with Gasteiger partial charge in [-0.2, -0.15) is 5.26 Å². The van der Waals surface area contributed by atoms with Crippen LogP contribution in [-0.4, -0.2) is 51.9 Å². The molecule has 2 aromatic heterocycles. The first-order chi connectivity index (χ1) is 11.7. The molecule has 0 saturated carbocycles. The van der Waals surface area contributed by atoms with Gasteiger partial charge in [0.1, 0.15) is 5.69 Å². The Labute approximate surface area is 145 Å². The fourth-order valence-electron chi connectivity index (χ4n) is 2.82. The molecule has 0 N–H and O–H groups in total. The van der Waals surface area contributed by atoms with E-state index in [2.05, 4.69) is 20.2 Å². The maximum Gasteiger partial charge on any atom is 0.272 e. The molecule has 24 heavy (non-hydrogen) atoms. The van der Waals surface area contributed by atoms with Crippen LogP contribution >= 0.6 is 11.3 Å². The summed E-state index contributed by atoms with van der Waals surface area (Å²) in [6, 6.07) is 5.22. The maximum atomic E-state index is 12.6. The summed E-state index contributed by atoms with van der Waals surface area (Å²) in [4.78, 5) is 25.4. The van der Waals surface area contributed by atoms with E-state index >= 15 is 0 Å². The Morgan fingerprint density at radius 3 is 3.00 bits per heavy atom. The summed E-state index contributed by atoms with van der Waals surface area (Å²) in [5.41, 5.74) is 1.90. The number of carbonyl (C=O) groups excluding carboxylic acids is 1. The SMILES string of the molecule is Cc1nc(CN2CCCN(C(=O)c3cc(C#N)ccn3)CC2)cs1. The van der Waals surface area contributed by atoms with Gasteiger partial charge in [0.2, 0.25) is 0 Å². The van der Waals surface area contributed by atoms with Gasteiger partial charge in [-0.15, -0.1) is 11.3 Å². The number of rotatable bonds is 3. The first kappa shape index (κ1) is 16.6. The smallest absolute Gasteiger partial charge is 0.272 e. The summed E-state index contributed by atoms with van der Waals surface area (Å²) >= 11 is 1.67. The van der Waals surface area contributed by atoms with Crippen LogP contribution in [-0.2, 0) is 6.54 Å². The zero-order valence-electron chi connectivity index (χ0n) is 13.6. The standard InChI is InChI=1S/C17H19N5OS/c1-13-20-15(12-24-13)11-21-5-2-6-22(8-7-21)17(23)16-9-14(10-18)3-4-19-16/h3-4,9,12H,2,5-8,11H2,1H3. The second-order valence-electron chi connectivity index (χ2n) is 5.82. The van der Waals surface area contributed by atoms with Crippen molar-refractivity contribution >= 4 is 17.2 Å². The van der Waals surface area contributed by atoms with Gasteiger partial charge in [-0.05, 0) is 25.5 Å². The molecule has 1 aliphatic rings. The summed E-state index contributed by atoms with van der Waals surface area (Å²) in [7, 11) is 0. The van der Waals surface area contributed by atoms with Gasteiger partial charge in [0, 0.05) is 44.3 Å². The molecule has 0 spiro atoms. The van der Waals surface area contributed by atoms with Crippen molar-refractivity contribution in [2.45, 2.75) is 19.9 Å². The highest BCUT2D eigenvalue weighted by atomic mass is 32.1. The Balaban J connectivity index is 1.62. The van der Waals surface area contributed by atoms with Crippen molar-refractivity contribution in [3.63, 3.8) is 0 Å².